The molecule has 4 nitrogen and oxygen atoms in total. The summed E-state index contributed by atoms with van der Waals surface area (Å²) in [7, 11) is 0. The largest absolute Gasteiger partial charge is 0.454 e. The first-order chi connectivity index (χ1) is 10.8. The second kappa shape index (κ2) is 6.92. The topological polar surface area (TPSA) is 56.3 Å². The maximum atomic E-state index is 12.2. The maximum absolute atomic E-state index is 12.2. The Labute approximate surface area is 140 Å². The summed E-state index contributed by atoms with van der Waals surface area (Å²) in [6, 6.07) is 7.26. The maximum Gasteiger partial charge on any atom is 0.342 e. The predicted molar refractivity (Wildman–Crippen MR) is 89.3 cm³/mol. The van der Waals surface area contributed by atoms with Crippen LogP contribution in [0.2, 0.25) is 5.15 Å². The second-order valence-corrected chi connectivity index (χ2v) is 5.92. The van der Waals surface area contributed by atoms with Crippen LogP contribution >= 0.6 is 11.6 Å². The van der Waals surface area contributed by atoms with Crippen molar-refractivity contribution in [1.82, 2.24) is 4.98 Å². The molecule has 2 aromatic rings. The summed E-state index contributed by atoms with van der Waals surface area (Å²) in [5.41, 5.74) is 4.07. The average Bonchev–Trinajstić information content (AvgIpc) is 2.43. The van der Waals surface area contributed by atoms with E-state index in [4.69, 9.17) is 16.3 Å². The summed E-state index contributed by atoms with van der Waals surface area (Å²) >= 11 is 6.01. The van der Waals surface area contributed by atoms with Gasteiger partial charge in [0.1, 0.15) is 5.15 Å². The Hall–Kier alpha value is -2.20. The zero-order valence-electron chi connectivity index (χ0n) is 13.6. The van der Waals surface area contributed by atoms with E-state index in [1.54, 1.807) is 26.0 Å². The number of hydrogen-bond donors (Lipinski definition) is 0. The van der Waals surface area contributed by atoms with Crippen LogP contribution in [-0.2, 0) is 4.74 Å². The highest BCUT2D eigenvalue weighted by Gasteiger charge is 2.19. The van der Waals surface area contributed by atoms with E-state index < -0.39 is 5.97 Å². The van der Waals surface area contributed by atoms with Crippen molar-refractivity contribution in [2.45, 2.75) is 27.7 Å². The number of aryl methyl sites for hydroxylation is 4. The molecule has 23 heavy (non-hydrogen) atoms. The van der Waals surface area contributed by atoms with Gasteiger partial charge in [-0.1, -0.05) is 35.4 Å². The lowest BCUT2D eigenvalue weighted by Gasteiger charge is -2.10. The molecule has 0 aliphatic carbocycles. The number of Topliss-reactive ketones (excluding diaryl/α,β-unsaturated/α-hetero) is 1. The van der Waals surface area contributed by atoms with E-state index >= 15 is 0 Å². The molecule has 0 bridgehead atoms. The van der Waals surface area contributed by atoms with Crippen LogP contribution in [0.25, 0.3) is 0 Å². The Balaban J connectivity index is 2.12. The summed E-state index contributed by atoms with van der Waals surface area (Å²) in [5.74, 6) is -0.886. The van der Waals surface area contributed by atoms with Gasteiger partial charge in [-0.3, -0.25) is 4.79 Å². The van der Waals surface area contributed by atoms with Crippen LogP contribution in [0.1, 0.15) is 43.1 Å². The Morgan fingerprint density at radius 1 is 1.09 bits per heavy atom. The van der Waals surface area contributed by atoms with E-state index in [1.165, 1.54) is 0 Å². The molecule has 5 heteroatoms. The number of halogens is 1. The molecule has 0 N–H and O–H groups in total. The fraction of sp³-hybridized carbons (Fsp3) is 0.278. The molecule has 0 saturated carbocycles. The lowest BCUT2D eigenvalue weighted by Crippen LogP contribution is -2.16. The van der Waals surface area contributed by atoms with Gasteiger partial charge in [0.05, 0.1) is 5.56 Å². The highest BCUT2D eigenvalue weighted by molar-refractivity contribution is 6.32. The third-order valence-electron chi connectivity index (χ3n) is 3.52. The van der Waals surface area contributed by atoms with Crippen LogP contribution in [-0.4, -0.2) is 23.3 Å². The quantitative estimate of drug-likeness (QED) is 0.482. The van der Waals surface area contributed by atoms with E-state index in [-0.39, 0.29) is 23.1 Å². The predicted octanol–water partition coefficient (Wildman–Crippen LogP) is 4.01. The Morgan fingerprint density at radius 2 is 1.78 bits per heavy atom. The normalized spacial score (nSPS) is 10.5. The fourth-order valence-corrected chi connectivity index (χ4v) is 2.80. The van der Waals surface area contributed by atoms with Crippen LogP contribution in [0.5, 0.6) is 0 Å². The average molecular weight is 332 g/mol. The van der Waals surface area contributed by atoms with E-state index in [9.17, 15) is 9.59 Å². The van der Waals surface area contributed by atoms with Gasteiger partial charge in [-0.15, -0.1) is 0 Å². The molecule has 0 unspecified atom stereocenters. The van der Waals surface area contributed by atoms with Crippen molar-refractivity contribution in [2.75, 3.05) is 6.61 Å². The third-order valence-corrected chi connectivity index (χ3v) is 3.79. The van der Waals surface area contributed by atoms with E-state index in [0.29, 0.717) is 11.1 Å². The highest BCUT2D eigenvalue weighted by Crippen LogP contribution is 2.20. The number of carbonyl (C=O) groups is 2. The van der Waals surface area contributed by atoms with Gasteiger partial charge in [0.15, 0.2) is 6.61 Å². The van der Waals surface area contributed by atoms with Crippen LogP contribution in [0.15, 0.2) is 24.3 Å². The van der Waals surface area contributed by atoms with Gasteiger partial charge in [0, 0.05) is 11.3 Å². The Kier molecular flexibility index (Phi) is 5.16. The minimum atomic E-state index is -0.641. The standard InChI is InChI=1S/C18H18ClNO3/c1-10-5-6-14(11(2)7-10)15(21)9-23-18(22)16-12(3)8-13(4)20-17(16)19/h5-8H,9H2,1-4H3. The summed E-state index contributed by atoms with van der Waals surface area (Å²) in [5, 5.41) is 0.0893. The number of benzene rings is 1. The van der Waals surface area contributed by atoms with Gasteiger partial charge in [0.2, 0.25) is 5.78 Å². The second-order valence-electron chi connectivity index (χ2n) is 5.56. The molecule has 0 radical (unpaired) electrons. The lowest BCUT2D eigenvalue weighted by atomic mass is 10.0. The number of carbonyl (C=O) groups excluding carboxylic acids is 2. The van der Waals surface area contributed by atoms with Crippen LogP contribution in [0, 0.1) is 27.7 Å². The Morgan fingerprint density at radius 3 is 2.39 bits per heavy atom. The fourth-order valence-electron chi connectivity index (χ4n) is 2.44. The molecule has 0 aliphatic rings. The molecule has 0 spiro atoms. The highest BCUT2D eigenvalue weighted by atomic mass is 35.5. The molecule has 2 rings (SSSR count). The minimum Gasteiger partial charge on any atom is -0.454 e. The monoisotopic (exact) mass is 331 g/mol. The zero-order valence-corrected chi connectivity index (χ0v) is 14.3. The summed E-state index contributed by atoms with van der Waals surface area (Å²) < 4.78 is 5.12. The molecule has 1 aromatic carbocycles. The van der Waals surface area contributed by atoms with Gasteiger partial charge in [0.25, 0.3) is 0 Å². The molecule has 1 aromatic heterocycles. The number of nitrogens with zero attached hydrogens (tertiary/aromatic N) is 1. The molecular weight excluding hydrogens is 314 g/mol. The molecule has 0 saturated heterocycles. The molecule has 0 atom stereocenters. The van der Waals surface area contributed by atoms with Crippen molar-refractivity contribution in [3.05, 3.63) is 62.9 Å². The van der Waals surface area contributed by atoms with Gasteiger partial charge in [-0.05, 0) is 44.9 Å². The third kappa shape index (κ3) is 3.96. The minimum absolute atomic E-state index is 0.0893. The smallest absolute Gasteiger partial charge is 0.342 e. The molecule has 0 fully saturated rings. The first-order valence-corrected chi connectivity index (χ1v) is 7.58. The number of esters is 1. The first-order valence-electron chi connectivity index (χ1n) is 7.21. The molecular formula is C18H18ClNO3. The van der Waals surface area contributed by atoms with Gasteiger partial charge in [-0.2, -0.15) is 0 Å². The van der Waals surface area contributed by atoms with Gasteiger partial charge in [-0.25, -0.2) is 9.78 Å². The lowest BCUT2D eigenvalue weighted by molar-refractivity contribution is 0.0473. The molecule has 0 amide bonds. The van der Waals surface area contributed by atoms with Crippen molar-refractivity contribution in [2.24, 2.45) is 0 Å². The van der Waals surface area contributed by atoms with Crippen LogP contribution in [0.3, 0.4) is 0 Å². The van der Waals surface area contributed by atoms with Crippen molar-refractivity contribution < 1.29 is 14.3 Å². The molecule has 1 heterocycles. The zero-order chi connectivity index (χ0) is 17.1. The molecule has 0 aliphatic heterocycles. The van der Waals surface area contributed by atoms with E-state index in [1.807, 2.05) is 26.0 Å². The number of ketones is 1. The van der Waals surface area contributed by atoms with Crippen molar-refractivity contribution >= 4 is 23.4 Å². The van der Waals surface area contributed by atoms with Crippen molar-refractivity contribution in [1.29, 1.82) is 0 Å². The van der Waals surface area contributed by atoms with Crippen LogP contribution in [0.4, 0.5) is 0 Å². The van der Waals surface area contributed by atoms with E-state index in [0.717, 1.165) is 16.8 Å². The number of pyridine rings is 1. The SMILES string of the molecule is Cc1ccc(C(=O)COC(=O)c2c(C)cc(C)nc2Cl)c(C)c1. The van der Waals surface area contributed by atoms with Crippen LogP contribution < -0.4 is 0 Å². The summed E-state index contributed by atoms with van der Waals surface area (Å²) in [4.78, 5) is 28.4. The number of rotatable bonds is 4. The number of ether oxygens (including phenoxy) is 1. The van der Waals surface area contributed by atoms with Gasteiger partial charge >= 0.3 is 5.97 Å². The summed E-state index contributed by atoms with van der Waals surface area (Å²) in [6.07, 6.45) is 0. The van der Waals surface area contributed by atoms with Crippen molar-refractivity contribution in [3.8, 4) is 0 Å². The van der Waals surface area contributed by atoms with Gasteiger partial charge < -0.3 is 4.74 Å². The number of hydrogen-bond acceptors (Lipinski definition) is 4. The first kappa shape index (κ1) is 17.2. The number of aromatic nitrogens is 1. The van der Waals surface area contributed by atoms with E-state index in [2.05, 4.69) is 4.98 Å². The van der Waals surface area contributed by atoms with Crippen molar-refractivity contribution in [3.63, 3.8) is 0 Å². The molecule has 120 valence electrons. The Bertz CT molecular complexity index is 761. The summed E-state index contributed by atoms with van der Waals surface area (Å²) in [6.45, 7) is 7.02.